The topological polar surface area (TPSA) is 64.7 Å². The van der Waals surface area contributed by atoms with Gasteiger partial charge in [-0.05, 0) is 5.92 Å². The molecule has 0 spiro atoms. The number of nitrogens with two attached hydrogens (primary N) is 1. The van der Waals surface area contributed by atoms with E-state index in [0.29, 0.717) is 17.8 Å². The Kier molecular flexibility index (Phi) is 3.38. The van der Waals surface area contributed by atoms with Crippen LogP contribution >= 0.6 is 0 Å². The monoisotopic (exact) mass is 194 g/mol. The zero-order valence-corrected chi connectivity index (χ0v) is 9.28. The summed E-state index contributed by atoms with van der Waals surface area (Å²) in [6.45, 7) is 8.37. The van der Waals surface area contributed by atoms with Crippen LogP contribution in [0.4, 0.5) is 5.95 Å². The quantitative estimate of drug-likeness (QED) is 0.796. The molecule has 0 bridgehead atoms. The number of nitrogens with zero attached hydrogens (tertiary/aromatic N) is 3. The van der Waals surface area contributed by atoms with Gasteiger partial charge in [0.25, 0.3) is 0 Å². The molecule has 78 valence electrons. The minimum absolute atomic E-state index is 0.297. The molecule has 1 rings (SSSR count). The molecule has 0 aliphatic carbocycles. The highest BCUT2D eigenvalue weighted by molar-refractivity contribution is 5.17. The van der Waals surface area contributed by atoms with E-state index in [4.69, 9.17) is 5.73 Å². The second-order valence-electron chi connectivity index (χ2n) is 4.22. The molecule has 0 aliphatic heterocycles. The van der Waals surface area contributed by atoms with Gasteiger partial charge in [-0.3, -0.25) is 0 Å². The molecular weight excluding hydrogens is 176 g/mol. The first-order valence-electron chi connectivity index (χ1n) is 4.99. The summed E-state index contributed by atoms with van der Waals surface area (Å²) < 4.78 is 0. The molecular formula is C10H18N4. The standard InChI is InChI=1S/C10H18N4/c1-6(2)5-8-12-9(7(3)4)14-10(11)13-8/h6-7H,5H2,1-4H3,(H2,11,12,13,14). The van der Waals surface area contributed by atoms with Gasteiger partial charge in [-0.15, -0.1) is 0 Å². The van der Waals surface area contributed by atoms with Gasteiger partial charge < -0.3 is 5.73 Å². The van der Waals surface area contributed by atoms with E-state index in [-0.39, 0.29) is 0 Å². The van der Waals surface area contributed by atoms with Gasteiger partial charge in [0.05, 0.1) is 0 Å². The summed E-state index contributed by atoms with van der Waals surface area (Å²) in [5, 5.41) is 0. The van der Waals surface area contributed by atoms with E-state index in [0.717, 1.165) is 18.1 Å². The van der Waals surface area contributed by atoms with Gasteiger partial charge >= 0.3 is 0 Å². The lowest BCUT2D eigenvalue weighted by Gasteiger charge is -2.08. The lowest BCUT2D eigenvalue weighted by Crippen LogP contribution is -2.10. The minimum atomic E-state index is 0.297. The Bertz CT molecular complexity index is 307. The fourth-order valence-corrected chi connectivity index (χ4v) is 1.17. The second-order valence-corrected chi connectivity index (χ2v) is 4.22. The molecule has 1 aromatic heterocycles. The number of nitrogen functional groups attached to an aromatic ring is 1. The Balaban J connectivity index is 2.95. The van der Waals surface area contributed by atoms with Gasteiger partial charge in [-0.25, -0.2) is 4.98 Å². The number of hydrogen-bond acceptors (Lipinski definition) is 4. The fourth-order valence-electron chi connectivity index (χ4n) is 1.17. The maximum atomic E-state index is 5.61. The second kappa shape index (κ2) is 4.35. The first kappa shape index (κ1) is 10.9. The van der Waals surface area contributed by atoms with Crippen molar-refractivity contribution in [3.8, 4) is 0 Å². The van der Waals surface area contributed by atoms with Gasteiger partial charge in [-0.1, -0.05) is 27.7 Å². The Morgan fingerprint density at radius 2 is 1.71 bits per heavy atom. The first-order chi connectivity index (χ1) is 6.49. The van der Waals surface area contributed by atoms with Gasteiger partial charge in [0.2, 0.25) is 5.95 Å². The summed E-state index contributed by atoms with van der Waals surface area (Å²) in [5.74, 6) is 2.76. The van der Waals surface area contributed by atoms with Crippen LogP contribution in [0, 0.1) is 5.92 Å². The van der Waals surface area contributed by atoms with Crippen LogP contribution < -0.4 is 5.73 Å². The van der Waals surface area contributed by atoms with E-state index in [1.807, 2.05) is 13.8 Å². The third kappa shape index (κ3) is 2.94. The predicted octanol–water partition coefficient (Wildman–Crippen LogP) is 1.78. The third-order valence-corrected chi connectivity index (χ3v) is 1.82. The molecule has 4 heteroatoms. The van der Waals surface area contributed by atoms with Gasteiger partial charge in [0.15, 0.2) is 0 Å². The van der Waals surface area contributed by atoms with Crippen LogP contribution in [0.25, 0.3) is 0 Å². The Hall–Kier alpha value is -1.19. The predicted molar refractivity (Wildman–Crippen MR) is 56.9 cm³/mol. The number of hydrogen-bond donors (Lipinski definition) is 1. The molecule has 0 amide bonds. The van der Waals surface area contributed by atoms with Crippen molar-refractivity contribution in [2.24, 2.45) is 5.92 Å². The fraction of sp³-hybridized carbons (Fsp3) is 0.700. The molecule has 0 radical (unpaired) electrons. The zero-order chi connectivity index (χ0) is 10.7. The summed E-state index contributed by atoms with van der Waals surface area (Å²) in [4.78, 5) is 12.6. The molecule has 4 nitrogen and oxygen atoms in total. The Labute approximate surface area is 85.0 Å². The minimum Gasteiger partial charge on any atom is -0.368 e. The van der Waals surface area contributed by atoms with Gasteiger partial charge in [-0.2, -0.15) is 9.97 Å². The van der Waals surface area contributed by atoms with Crippen LogP contribution in [0.1, 0.15) is 45.3 Å². The molecule has 0 aromatic carbocycles. The number of anilines is 1. The molecule has 0 saturated heterocycles. The highest BCUT2D eigenvalue weighted by atomic mass is 15.1. The van der Waals surface area contributed by atoms with Crippen molar-refractivity contribution in [1.29, 1.82) is 0 Å². The van der Waals surface area contributed by atoms with Crippen molar-refractivity contribution in [2.75, 3.05) is 5.73 Å². The summed E-state index contributed by atoms with van der Waals surface area (Å²) in [5.41, 5.74) is 5.61. The lowest BCUT2D eigenvalue weighted by atomic mass is 10.1. The summed E-state index contributed by atoms with van der Waals surface area (Å²) in [7, 11) is 0. The highest BCUT2D eigenvalue weighted by Gasteiger charge is 2.08. The molecule has 0 aliphatic rings. The zero-order valence-electron chi connectivity index (χ0n) is 9.28. The average Bonchev–Trinajstić information content (AvgIpc) is 2.01. The van der Waals surface area contributed by atoms with Crippen LogP contribution in [-0.4, -0.2) is 15.0 Å². The SMILES string of the molecule is CC(C)Cc1nc(N)nc(C(C)C)n1. The summed E-state index contributed by atoms with van der Waals surface area (Å²) in [6, 6.07) is 0. The van der Waals surface area contributed by atoms with Crippen LogP contribution in [0.3, 0.4) is 0 Å². The van der Waals surface area contributed by atoms with E-state index in [2.05, 4.69) is 28.8 Å². The molecule has 0 atom stereocenters. The largest absolute Gasteiger partial charge is 0.368 e. The van der Waals surface area contributed by atoms with Crippen LogP contribution in [0.15, 0.2) is 0 Å². The van der Waals surface area contributed by atoms with Crippen molar-refractivity contribution >= 4 is 5.95 Å². The third-order valence-electron chi connectivity index (χ3n) is 1.82. The van der Waals surface area contributed by atoms with Crippen LogP contribution in [0.5, 0.6) is 0 Å². The number of aromatic nitrogens is 3. The molecule has 1 heterocycles. The molecule has 0 saturated carbocycles. The van der Waals surface area contributed by atoms with Crippen LogP contribution in [-0.2, 0) is 6.42 Å². The normalized spacial score (nSPS) is 11.3. The van der Waals surface area contributed by atoms with E-state index >= 15 is 0 Å². The van der Waals surface area contributed by atoms with Crippen molar-refractivity contribution in [3.63, 3.8) is 0 Å². The molecule has 0 fully saturated rings. The van der Waals surface area contributed by atoms with Crippen LogP contribution in [0.2, 0.25) is 0 Å². The van der Waals surface area contributed by atoms with E-state index in [1.54, 1.807) is 0 Å². The maximum Gasteiger partial charge on any atom is 0.223 e. The lowest BCUT2D eigenvalue weighted by molar-refractivity contribution is 0.608. The summed E-state index contributed by atoms with van der Waals surface area (Å²) in [6.07, 6.45) is 0.854. The van der Waals surface area contributed by atoms with Crippen molar-refractivity contribution in [1.82, 2.24) is 15.0 Å². The van der Waals surface area contributed by atoms with Crippen molar-refractivity contribution in [3.05, 3.63) is 11.6 Å². The Morgan fingerprint density at radius 3 is 2.21 bits per heavy atom. The van der Waals surface area contributed by atoms with Crippen molar-refractivity contribution < 1.29 is 0 Å². The maximum absolute atomic E-state index is 5.61. The first-order valence-corrected chi connectivity index (χ1v) is 4.99. The smallest absolute Gasteiger partial charge is 0.223 e. The summed E-state index contributed by atoms with van der Waals surface area (Å²) >= 11 is 0. The highest BCUT2D eigenvalue weighted by Crippen LogP contribution is 2.11. The Morgan fingerprint density at radius 1 is 1.07 bits per heavy atom. The van der Waals surface area contributed by atoms with Gasteiger partial charge in [0, 0.05) is 12.3 Å². The molecule has 14 heavy (non-hydrogen) atoms. The van der Waals surface area contributed by atoms with E-state index in [9.17, 15) is 0 Å². The molecule has 0 unspecified atom stereocenters. The van der Waals surface area contributed by atoms with E-state index in [1.165, 1.54) is 0 Å². The van der Waals surface area contributed by atoms with Crippen molar-refractivity contribution in [2.45, 2.75) is 40.0 Å². The average molecular weight is 194 g/mol. The molecule has 1 aromatic rings. The van der Waals surface area contributed by atoms with E-state index < -0.39 is 0 Å². The molecule has 2 N–H and O–H groups in total. The van der Waals surface area contributed by atoms with Gasteiger partial charge in [0.1, 0.15) is 11.6 Å². The number of rotatable bonds is 3.